The van der Waals surface area contributed by atoms with E-state index < -0.39 is 23.6 Å². The minimum Gasteiger partial charge on any atom is -0.487 e. The maximum atomic E-state index is 13.5. The first kappa shape index (κ1) is 23.1. The maximum absolute atomic E-state index is 13.5. The molecule has 2 heterocycles. The summed E-state index contributed by atoms with van der Waals surface area (Å²) in [5.74, 6) is -0.0432. The lowest BCUT2D eigenvalue weighted by Gasteiger charge is -2.45. The van der Waals surface area contributed by atoms with Crippen molar-refractivity contribution in [3.8, 4) is 5.75 Å². The van der Waals surface area contributed by atoms with Crippen molar-refractivity contribution in [2.24, 2.45) is 11.8 Å². The zero-order valence-electron chi connectivity index (χ0n) is 19.3. The summed E-state index contributed by atoms with van der Waals surface area (Å²) in [6, 6.07) is 11.9. The summed E-state index contributed by atoms with van der Waals surface area (Å²) in [5.41, 5.74) is 1.40. The number of aryl methyl sites for hydroxylation is 1. The molecule has 2 unspecified atom stereocenters. The van der Waals surface area contributed by atoms with Crippen LogP contribution in [0, 0.1) is 11.8 Å². The average molecular weight is 474 g/mol. The average Bonchev–Trinajstić information content (AvgIpc) is 3.64. The fraction of sp³-hybridized carbons (Fsp3) is 0.519. The molecule has 0 bridgehead atoms. The highest BCUT2D eigenvalue weighted by Gasteiger charge is 2.43. The normalized spacial score (nSPS) is 21.5. The van der Waals surface area contributed by atoms with Crippen LogP contribution in [0.5, 0.6) is 5.75 Å². The molecular weight excluding hydrogens is 443 g/mol. The fourth-order valence-electron chi connectivity index (χ4n) is 5.80. The van der Waals surface area contributed by atoms with Gasteiger partial charge in [-0.25, -0.2) is 0 Å². The van der Waals surface area contributed by atoms with E-state index in [1.807, 2.05) is 11.0 Å². The minimum atomic E-state index is -4.38. The molecule has 0 aromatic heterocycles. The SMILES string of the molecule is CC(C(=O)O)C(c1ccc2c(c1)OC1(CC2)CCN(c2ccccc2C(F)(F)F)CC1)C1CC1. The second-order valence-corrected chi connectivity index (χ2v) is 10.1. The van der Waals surface area contributed by atoms with Crippen molar-refractivity contribution in [1.29, 1.82) is 0 Å². The van der Waals surface area contributed by atoms with Crippen LogP contribution in [-0.4, -0.2) is 29.8 Å². The number of carbonyl (C=O) groups is 1. The number of nitrogens with zero attached hydrogens (tertiary/aromatic N) is 1. The number of piperidine rings is 1. The second-order valence-electron chi connectivity index (χ2n) is 10.1. The van der Waals surface area contributed by atoms with E-state index in [9.17, 15) is 23.1 Å². The topological polar surface area (TPSA) is 49.8 Å². The monoisotopic (exact) mass is 473 g/mol. The smallest absolute Gasteiger partial charge is 0.418 e. The summed E-state index contributed by atoms with van der Waals surface area (Å²) in [5, 5.41) is 9.61. The number of aliphatic carboxylic acids is 1. The Bertz CT molecular complexity index is 1070. The molecule has 2 aromatic rings. The van der Waals surface area contributed by atoms with E-state index in [1.165, 1.54) is 6.07 Å². The predicted molar refractivity (Wildman–Crippen MR) is 123 cm³/mol. The Kier molecular flexibility index (Phi) is 5.77. The number of alkyl halides is 3. The van der Waals surface area contributed by atoms with Crippen molar-refractivity contribution in [3.63, 3.8) is 0 Å². The largest absolute Gasteiger partial charge is 0.487 e. The van der Waals surface area contributed by atoms with Crippen molar-refractivity contribution in [3.05, 3.63) is 59.2 Å². The van der Waals surface area contributed by atoms with Crippen LogP contribution >= 0.6 is 0 Å². The number of fused-ring (bicyclic) bond motifs is 1. The van der Waals surface area contributed by atoms with Gasteiger partial charge < -0.3 is 14.7 Å². The Labute approximate surface area is 197 Å². The van der Waals surface area contributed by atoms with Crippen LogP contribution in [0.25, 0.3) is 0 Å². The van der Waals surface area contributed by atoms with E-state index in [1.54, 1.807) is 19.1 Å². The Morgan fingerprint density at radius 2 is 1.82 bits per heavy atom. The Morgan fingerprint density at radius 1 is 1.12 bits per heavy atom. The molecule has 2 aliphatic heterocycles. The fourth-order valence-corrected chi connectivity index (χ4v) is 5.80. The number of carboxylic acid groups (broad SMARTS) is 1. The molecule has 2 atom stereocenters. The van der Waals surface area contributed by atoms with Crippen LogP contribution in [-0.2, 0) is 17.4 Å². The van der Waals surface area contributed by atoms with E-state index in [-0.39, 0.29) is 17.2 Å². The van der Waals surface area contributed by atoms with Gasteiger partial charge >= 0.3 is 12.1 Å². The molecular formula is C27H30F3NO3. The van der Waals surface area contributed by atoms with Gasteiger partial charge in [-0.05, 0) is 66.8 Å². The molecule has 1 aliphatic carbocycles. The maximum Gasteiger partial charge on any atom is 0.418 e. The molecule has 2 fully saturated rings. The first-order valence-corrected chi connectivity index (χ1v) is 12.1. The summed E-state index contributed by atoms with van der Waals surface area (Å²) in [4.78, 5) is 13.5. The highest BCUT2D eigenvalue weighted by atomic mass is 19.4. The molecule has 182 valence electrons. The third-order valence-corrected chi connectivity index (χ3v) is 7.94. The van der Waals surface area contributed by atoms with Gasteiger partial charge in [-0.1, -0.05) is 31.2 Å². The second kappa shape index (κ2) is 8.51. The molecule has 1 spiro atoms. The highest BCUT2D eigenvalue weighted by molar-refractivity contribution is 5.71. The molecule has 1 saturated heterocycles. The molecule has 0 amide bonds. The quantitative estimate of drug-likeness (QED) is 0.555. The molecule has 7 heteroatoms. The minimum absolute atomic E-state index is 0.0232. The molecule has 0 radical (unpaired) electrons. The molecule has 1 saturated carbocycles. The molecule has 3 aliphatic rings. The zero-order valence-corrected chi connectivity index (χ0v) is 19.3. The number of ether oxygens (including phenoxy) is 1. The summed E-state index contributed by atoms with van der Waals surface area (Å²) in [7, 11) is 0. The molecule has 2 aromatic carbocycles. The van der Waals surface area contributed by atoms with E-state index in [4.69, 9.17) is 4.74 Å². The number of hydrogen-bond acceptors (Lipinski definition) is 3. The van der Waals surface area contributed by atoms with E-state index in [2.05, 4.69) is 12.1 Å². The Morgan fingerprint density at radius 3 is 2.47 bits per heavy atom. The Hall–Kier alpha value is -2.70. The van der Waals surface area contributed by atoms with Crippen molar-refractivity contribution < 1.29 is 27.8 Å². The van der Waals surface area contributed by atoms with Crippen molar-refractivity contribution in [2.75, 3.05) is 18.0 Å². The number of para-hydroxylation sites is 1. The van der Waals surface area contributed by atoms with Crippen molar-refractivity contribution in [2.45, 2.75) is 63.1 Å². The van der Waals surface area contributed by atoms with Gasteiger partial charge in [0, 0.05) is 31.6 Å². The van der Waals surface area contributed by atoms with Crippen molar-refractivity contribution in [1.82, 2.24) is 0 Å². The number of benzene rings is 2. The molecule has 4 nitrogen and oxygen atoms in total. The highest BCUT2D eigenvalue weighted by Crippen LogP contribution is 2.49. The first-order chi connectivity index (χ1) is 16.2. The molecule has 1 N–H and O–H groups in total. The number of rotatable bonds is 5. The standard InChI is InChI=1S/C27H30F3NO3/c1-17(25(32)33)24(19-7-8-19)20-9-6-18-10-11-26(34-23(18)16-20)12-14-31(15-13-26)22-5-3-2-4-21(22)27(28,29)30/h2-6,9,16-17,19,24H,7-8,10-15H2,1H3,(H,32,33). The summed E-state index contributed by atoms with van der Waals surface area (Å²) >= 11 is 0. The third-order valence-electron chi connectivity index (χ3n) is 7.94. The summed E-state index contributed by atoms with van der Waals surface area (Å²) < 4.78 is 47.1. The molecule has 34 heavy (non-hydrogen) atoms. The lowest BCUT2D eigenvalue weighted by Crippen LogP contribution is -2.50. The van der Waals surface area contributed by atoms with E-state index in [0.717, 1.165) is 48.6 Å². The first-order valence-electron chi connectivity index (χ1n) is 12.1. The number of halogens is 3. The third kappa shape index (κ3) is 4.37. The van der Waals surface area contributed by atoms with Crippen LogP contribution < -0.4 is 9.64 Å². The molecule has 5 rings (SSSR count). The lowest BCUT2D eigenvalue weighted by atomic mass is 9.80. The van der Waals surface area contributed by atoms with Crippen LogP contribution in [0.2, 0.25) is 0 Å². The van der Waals surface area contributed by atoms with Gasteiger partial charge in [-0.2, -0.15) is 13.2 Å². The zero-order chi connectivity index (χ0) is 24.1. The van der Waals surface area contributed by atoms with E-state index >= 15 is 0 Å². The summed E-state index contributed by atoms with van der Waals surface area (Å²) in [6.45, 7) is 2.79. The van der Waals surface area contributed by atoms with Gasteiger partial charge in [0.15, 0.2) is 0 Å². The van der Waals surface area contributed by atoms with Gasteiger partial charge in [0.25, 0.3) is 0 Å². The summed E-state index contributed by atoms with van der Waals surface area (Å²) in [6.07, 6.45) is 0.732. The number of hydrogen-bond donors (Lipinski definition) is 1. The van der Waals surface area contributed by atoms with Crippen LogP contribution in [0.4, 0.5) is 18.9 Å². The van der Waals surface area contributed by atoms with Crippen LogP contribution in [0.1, 0.15) is 61.6 Å². The van der Waals surface area contributed by atoms with Gasteiger partial charge in [0.05, 0.1) is 11.5 Å². The predicted octanol–water partition coefficient (Wildman–Crippen LogP) is 6.28. The van der Waals surface area contributed by atoms with Gasteiger partial charge in [0.1, 0.15) is 11.4 Å². The van der Waals surface area contributed by atoms with Crippen LogP contribution in [0.15, 0.2) is 42.5 Å². The van der Waals surface area contributed by atoms with Gasteiger partial charge in [-0.15, -0.1) is 0 Å². The van der Waals surface area contributed by atoms with E-state index in [0.29, 0.717) is 31.8 Å². The Balaban J connectivity index is 1.34. The van der Waals surface area contributed by atoms with Crippen molar-refractivity contribution >= 4 is 11.7 Å². The van der Waals surface area contributed by atoms with Crippen LogP contribution in [0.3, 0.4) is 0 Å². The lowest BCUT2D eigenvalue weighted by molar-refractivity contribution is -0.142. The van der Waals surface area contributed by atoms with Gasteiger partial charge in [0.2, 0.25) is 0 Å². The number of anilines is 1. The number of carboxylic acids is 1. The van der Waals surface area contributed by atoms with Gasteiger partial charge in [-0.3, -0.25) is 4.79 Å².